The summed E-state index contributed by atoms with van der Waals surface area (Å²) in [5.41, 5.74) is 5.97. The van der Waals surface area contributed by atoms with E-state index in [4.69, 9.17) is 17.3 Å². The molecule has 1 aliphatic rings. The normalized spacial score (nSPS) is 20.2. The molecule has 1 aliphatic heterocycles. The molecule has 1 aromatic heterocycles. The highest BCUT2D eigenvalue weighted by Crippen LogP contribution is 2.30. The van der Waals surface area contributed by atoms with Crippen LogP contribution in [0, 0.1) is 5.92 Å². The van der Waals surface area contributed by atoms with E-state index in [0.717, 1.165) is 0 Å². The van der Waals surface area contributed by atoms with Gasteiger partial charge in [0.2, 0.25) is 5.91 Å². The molecule has 0 saturated carbocycles. The molecule has 2 heterocycles. The number of nitrogens with two attached hydrogens (primary N) is 1. The second kappa shape index (κ2) is 4.09. The van der Waals surface area contributed by atoms with Crippen molar-refractivity contribution in [1.82, 2.24) is 9.97 Å². The number of rotatable bonds is 2. The number of anilines is 2. The fraction of sp³-hybridized carbons (Fsp3) is 0.300. The molecular weight excluding hydrogens is 228 g/mol. The van der Waals surface area contributed by atoms with Gasteiger partial charge in [-0.3, -0.25) is 9.69 Å². The maximum absolute atomic E-state index is 11.7. The molecule has 5 nitrogen and oxygen atoms in total. The highest BCUT2D eigenvalue weighted by atomic mass is 35.5. The summed E-state index contributed by atoms with van der Waals surface area (Å²) >= 11 is 5.78. The second-order valence-electron chi connectivity index (χ2n) is 3.61. The molecule has 2 rings (SSSR count). The number of halogens is 1. The lowest BCUT2D eigenvalue weighted by atomic mass is 10.1. The van der Waals surface area contributed by atoms with Gasteiger partial charge in [0.25, 0.3) is 0 Å². The number of carbonyl (C=O) groups excluding carboxylic acids is 1. The summed E-state index contributed by atoms with van der Waals surface area (Å²) < 4.78 is 0. The van der Waals surface area contributed by atoms with Crippen LogP contribution in [0.2, 0.25) is 5.15 Å². The van der Waals surface area contributed by atoms with Crippen molar-refractivity contribution in [3.05, 3.63) is 24.1 Å². The molecule has 1 aromatic rings. The lowest BCUT2D eigenvalue weighted by Gasteiger charge is -2.16. The molecule has 0 aromatic carbocycles. The Labute approximate surface area is 97.9 Å². The smallest absolute Gasteiger partial charge is 0.228 e. The molecule has 1 saturated heterocycles. The largest absolute Gasteiger partial charge is 0.393 e. The van der Waals surface area contributed by atoms with Gasteiger partial charge in [-0.25, -0.2) is 9.97 Å². The Morgan fingerprint density at radius 2 is 2.38 bits per heavy atom. The maximum Gasteiger partial charge on any atom is 0.228 e. The first kappa shape index (κ1) is 10.9. The van der Waals surface area contributed by atoms with Crippen LogP contribution in [0.1, 0.15) is 6.42 Å². The van der Waals surface area contributed by atoms with Crippen molar-refractivity contribution < 1.29 is 4.79 Å². The second-order valence-corrected chi connectivity index (χ2v) is 3.96. The molecule has 1 atom stereocenters. The fourth-order valence-corrected chi connectivity index (χ4v) is 1.81. The number of amides is 1. The van der Waals surface area contributed by atoms with Gasteiger partial charge >= 0.3 is 0 Å². The van der Waals surface area contributed by atoms with Crippen molar-refractivity contribution in [2.45, 2.75) is 6.42 Å². The van der Waals surface area contributed by atoms with Crippen molar-refractivity contribution >= 4 is 29.0 Å². The maximum atomic E-state index is 11.7. The zero-order chi connectivity index (χ0) is 11.7. The quantitative estimate of drug-likeness (QED) is 0.622. The molecule has 0 spiro atoms. The molecular formula is C10H11ClN4O. The fourth-order valence-electron chi connectivity index (χ4n) is 1.68. The Morgan fingerprint density at radius 1 is 1.62 bits per heavy atom. The predicted octanol–water partition coefficient (Wildman–Crippen LogP) is 1.25. The molecule has 6 heteroatoms. The molecule has 16 heavy (non-hydrogen) atoms. The van der Waals surface area contributed by atoms with Crippen LogP contribution in [-0.4, -0.2) is 22.4 Å². The van der Waals surface area contributed by atoms with E-state index < -0.39 is 0 Å². The summed E-state index contributed by atoms with van der Waals surface area (Å²) in [7, 11) is 0. The van der Waals surface area contributed by atoms with Crippen molar-refractivity contribution in [2.75, 3.05) is 17.2 Å². The van der Waals surface area contributed by atoms with Crippen LogP contribution in [0.15, 0.2) is 19.0 Å². The molecule has 1 amide bonds. The van der Waals surface area contributed by atoms with Gasteiger partial charge in [0.15, 0.2) is 11.0 Å². The number of aromatic nitrogens is 2. The molecule has 84 valence electrons. The number of hydrogen-bond donors (Lipinski definition) is 1. The van der Waals surface area contributed by atoms with Crippen LogP contribution in [0.3, 0.4) is 0 Å². The van der Waals surface area contributed by atoms with Gasteiger partial charge in [0, 0.05) is 18.9 Å². The van der Waals surface area contributed by atoms with Crippen LogP contribution < -0.4 is 10.6 Å². The van der Waals surface area contributed by atoms with Gasteiger partial charge in [-0.05, 0) is 0 Å². The number of hydrogen-bond acceptors (Lipinski definition) is 4. The lowest BCUT2D eigenvalue weighted by molar-refractivity contribution is -0.117. The van der Waals surface area contributed by atoms with E-state index >= 15 is 0 Å². The molecule has 0 aliphatic carbocycles. The minimum atomic E-state index is -0.0219. The molecule has 1 fully saturated rings. The molecule has 0 bridgehead atoms. The SMILES string of the molecule is C=CC1CC(=O)N(c2ncnc(Cl)c2N)C1. The first-order chi connectivity index (χ1) is 7.63. The number of carbonyl (C=O) groups is 1. The van der Waals surface area contributed by atoms with E-state index in [1.54, 1.807) is 6.08 Å². The Morgan fingerprint density at radius 3 is 3.00 bits per heavy atom. The van der Waals surface area contributed by atoms with Crippen LogP contribution >= 0.6 is 11.6 Å². The minimum Gasteiger partial charge on any atom is -0.393 e. The van der Waals surface area contributed by atoms with Gasteiger partial charge in [-0.1, -0.05) is 17.7 Å². The van der Waals surface area contributed by atoms with Crippen LogP contribution in [0.5, 0.6) is 0 Å². The molecule has 2 N–H and O–H groups in total. The summed E-state index contributed by atoms with van der Waals surface area (Å²) in [5, 5.41) is 0.167. The zero-order valence-electron chi connectivity index (χ0n) is 8.56. The van der Waals surface area contributed by atoms with Gasteiger partial charge in [0.1, 0.15) is 12.0 Å². The lowest BCUT2D eigenvalue weighted by Crippen LogP contribution is -2.26. The summed E-state index contributed by atoms with van der Waals surface area (Å²) in [6, 6.07) is 0. The van der Waals surface area contributed by atoms with Gasteiger partial charge < -0.3 is 5.73 Å². The molecule has 1 unspecified atom stereocenters. The van der Waals surface area contributed by atoms with Crippen LogP contribution in [0.4, 0.5) is 11.5 Å². The third kappa shape index (κ3) is 1.74. The Hall–Kier alpha value is -1.62. The average Bonchev–Trinajstić information content (AvgIpc) is 2.64. The van der Waals surface area contributed by atoms with Crippen molar-refractivity contribution in [3.8, 4) is 0 Å². The first-order valence-electron chi connectivity index (χ1n) is 4.82. The van der Waals surface area contributed by atoms with E-state index in [2.05, 4.69) is 16.5 Å². The van der Waals surface area contributed by atoms with Crippen LogP contribution in [0.25, 0.3) is 0 Å². The third-order valence-corrected chi connectivity index (χ3v) is 2.86. The minimum absolute atomic E-state index is 0.0219. The van der Waals surface area contributed by atoms with E-state index in [0.29, 0.717) is 18.8 Å². The third-order valence-electron chi connectivity index (χ3n) is 2.56. The van der Waals surface area contributed by atoms with Gasteiger partial charge in [-0.15, -0.1) is 6.58 Å². The number of nitrogens with zero attached hydrogens (tertiary/aromatic N) is 3. The van der Waals surface area contributed by atoms with Crippen LogP contribution in [-0.2, 0) is 4.79 Å². The Bertz CT molecular complexity index is 448. The summed E-state index contributed by atoms with van der Waals surface area (Å²) in [6.07, 6.45) is 3.49. The Balaban J connectivity index is 2.35. The standard InChI is InChI=1S/C10H11ClN4O/c1-2-6-3-7(16)15(4-6)10-8(12)9(11)13-5-14-10/h2,5-6H,1,3-4,12H2. The first-order valence-corrected chi connectivity index (χ1v) is 5.20. The predicted molar refractivity (Wildman–Crippen MR) is 62.1 cm³/mol. The highest BCUT2D eigenvalue weighted by Gasteiger charge is 2.31. The van der Waals surface area contributed by atoms with E-state index in [9.17, 15) is 4.79 Å². The highest BCUT2D eigenvalue weighted by molar-refractivity contribution is 6.32. The Kier molecular flexibility index (Phi) is 2.78. The summed E-state index contributed by atoms with van der Waals surface area (Å²) in [4.78, 5) is 21.0. The number of nitrogen functional groups attached to an aromatic ring is 1. The van der Waals surface area contributed by atoms with Crippen molar-refractivity contribution in [1.29, 1.82) is 0 Å². The van der Waals surface area contributed by atoms with E-state index in [-0.39, 0.29) is 22.7 Å². The van der Waals surface area contributed by atoms with Crippen molar-refractivity contribution in [2.24, 2.45) is 5.92 Å². The average molecular weight is 239 g/mol. The van der Waals surface area contributed by atoms with Gasteiger partial charge in [-0.2, -0.15) is 0 Å². The summed E-state index contributed by atoms with van der Waals surface area (Å²) in [5.74, 6) is 0.501. The van der Waals surface area contributed by atoms with Gasteiger partial charge in [0.05, 0.1) is 0 Å². The summed E-state index contributed by atoms with van der Waals surface area (Å²) in [6.45, 7) is 4.22. The van der Waals surface area contributed by atoms with Crippen molar-refractivity contribution in [3.63, 3.8) is 0 Å². The van der Waals surface area contributed by atoms with E-state index in [1.165, 1.54) is 11.2 Å². The molecule has 0 radical (unpaired) electrons. The topological polar surface area (TPSA) is 72.1 Å². The zero-order valence-corrected chi connectivity index (χ0v) is 9.31. The monoisotopic (exact) mass is 238 g/mol. The van der Waals surface area contributed by atoms with E-state index in [1.807, 2.05) is 0 Å².